The lowest BCUT2D eigenvalue weighted by Gasteiger charge is -2.31. The predicted molar refractivity (Wildman–Crippen MR) is 84.6 cm³/mol. The van der Waals surface area contributed by atoms with Crippen LogP contribution in [0.1, 0.15) is 45.7 Å². The van der Waals surface area contributed by atoms with E-state index in [9.17, 15) is 9.59 Å². The third-order valence-electron chi connectivity index (χ3n) is 4.75. The molecule has 2 amide bonds. The summed E-state index contributed by atoms with van der Waals surface area (Å²) in [5.41, 5.74) is 0.629. The first-order chi connectivity index (χ1) is 10.3. The molecule has 5 heteroatoms. The van der Waals surface area contributed by atoms with Gasteiger partial charge >= 0.3 is 0 Å². The van der Waals surface area contributed by atoms with E-state index in [2.05, 4.69) is 31.0 Å². The van der Waals surface area contributed by atoms with Crippen LogP contribution in [0.25, 0.3) is 0 Å². The van der Waals surface area contributed by atoms with Crippen molar-refractivity contribution in [1.82, 2.24) is 10.3 Å². The molecule has 0 radical (unpaired) electrons. The minimum absolute atomic E-state index is 0.00204. The zero-order valence-corrected chi connectivity index (χ0v) is 13.5. The van der Waals surface area contributed by atoms with Gasteiger partial charge in [-0.1, -0.05) is 26.8 Å². The quantitative estimate of drug-likeness (QED) is 0.806. The second kappa shape index (κ2) is 5.07. The average molecular weight is 301 g/mol. The van der Waals surface area contributed by atoms with Crippen LogP contribution < -0.4 is 10.2 Å². The van der Waals surface area contributed by atoms with Crippen molar-refractivity contribution in [2.24, 2.45) is 5.41 Å². The summed E-state index contributed by atoms with van der Waals surface area (Å²) in [5, 5.41) is 2.49. The van der Waals surface area contributed by atoms with Crippen LogP contribution in [-0.2, 0) is 15.0 Å². The number of hydrogen-bond acceptors (Lipinski definition) is 4. The summed E-state index contributed by atoms with van der Waals surface area (Å²) in [6.07, 6.45) is 1.87. The lowest BCUT2D eigenvalue weighted by Crippen LogP contribution is -2.50. The zero-order chi connectivity index (χ0) is 16.0. The molecular weight excluding hydrogens is 278 g/mol. The summed E-state index contributed by atoms with van der Waals surface area (Å²) in [6, 6.07) is 6.07. The summed E-state index contributed by atoms with van der Waals surface area (Å²) in [4.78, 5) is 30.6. The Morgan fingerprint density at radius 2 is 2.00 bits per heavy atom. The Balaban J connectivity index is 1.81. The molecule has 2 saturated heterocycles. The minimum atomic E-state index is -0.423. The number of nitrogens with zero attached hydrogens (tertiary/aromatic N) is 2. The topological polar surface area (TPSA) is 62.3 Å². The first kappa shape index (κ1) is 15.0. The molecule has 1 spiro atoms. The second-order valence-corrected chi connectivity index (χ2v) is 7.46. The van der Waals surface area contributed by atoms with Gasteiger partial charge in [-0.15, -0.1) is 0 Å². The van der Waals surface area contributed by atoms with E-state index in [0.29, 0.717) is 19.4 Å². The molecule has 0 saturated carbocycles. The summed E-state index contributed by atoms with van der Waals surface area (Å²) in [5.74, 6) is 0.661. The Bertz CT molecular complexity index is 621. The molecule has 2 fully saturated rings. The van der Waals surface area contributed by atoms with E-state index in [1.165, 1.54) is 0 Å². The smallest absolute Gasteiger partial charge is 0.234 e. The number of imide groups is 1. The molecule has 1 atom stereocenters. The highest BCUT2D eigenvalue weighted by atomic mass is 16.2. The van der Waals surface area contributed by atoms with Gasteiger partial charge in [0.2, 0.25) is 11.8 Å². The van der Waals surface area contributed by atoms with Crippen LogP contribution in [0.3, 0.4) is 0 Å². The monoisotopic (exact) mass is 301 g/mol. The van der Waals surface area contributed by atoms with E-state index < -0.39 is 5.41 Å². The Hall–Kier alpha value is -1.91. The van der Waals surface area contributed by atoms with Gasteiger partial charge in [-0.05, 0) is 25.0 Å². The van der Waals surface area contributed by atoms with Crippen molar-refractivity contribution in [3.05, 3.63) is 23.9 Å². The van der Waals surface area contributed by atoms with Gasteiger partial charge in [0, 0.05) is 30.6 Å². The van der Waals surface area contributed by atoms with Crippen LogP contribution in [0.5, 0.6) is 0 Å². The predicted octanol–water partition coefficient (Wildman–Crippen LogP) is 2.01. The highest BCUT2D eigenvalue weighted by Crippen LogP contribution is 2.39. The van der Waals surface area contributed by atoms with Gasteiger partial charge in [-0.25, -0.2) is 4.98 Å². The van der Waals surface area contributed by atoms with Gasteiger partial charge < -0.3 is 4.90 Å². The molecule has 118 valence electrons. The number of amides is 2. The fraction of sp³-hybridized carbons (Fsp3) is 0.588. The lowest BCUT2D eigenvalue weighted by atomic mass is 9.79. The van der Waals surface area contributed by atoms with Gasteiger partial charge in [-0.3, -0.25) is 14.9 Å². The molecule has 2 aliphatic heterocycles. The van der Waals surface area contributed by atoms with Gasteiger partial charge in [0.25, 0.3) is 0 Å². The van der Waals surface area contributed by atoms with E-state index in [-0.39, 0.29) is 17.2 Å². The highest BCUT2D eigenvalue weighted by molar-refractivity contribution is 6.01. The molecule has 1 unspecified atom stereocenters. The van der Waals surface area contributed by atoms with Crippen molar-refractivity contribution < 1.29 is 9.59 Å². The number of nitrogens with one attached hydrogen (secondary N) is 1. The third kappa shape index (κ3) is 2.60. The van der Waals surface area contributed by atoms with Crippen LogP contribution >= 0.6 is 0 Å². The normalized spacial score (nSPS) is 25.7. The molecule has 0 aromatic carbocycles. The molecular formula is C17H23N3O2. The van der Waals surface area contributed by atoms with Gasteiger partial charge in [0.05, 0.1) is 5.41 Å². The molecule has 22 heavy (non-hydrogen) atoms. The maximum absolute atomic E-state index is 12.3. The fourth-order valence-corrected chi connectivity index (χ4v) is 3.26. The molecule has 0 aliphatic carbocycles. The second-order valence-electron chi connectivity index (χ2n) is 7.46. The molecule has 5 nitrogen and oxygen atoms in total. The van der Waals surface area contributed by atoms with Gasteiger partial charge in [-0.2, -0.15) is 0 Å². The van der Waals surface area contributed by atoms with Gasteiger partial charge in [0.1, 0.15) is 5.82 Å². The highest BCUT2D eigenvalue weighted by Gasteiger charge is 2.47. The summed E-state index contributed by atoms with van der Waals surface area (Å²) in [7, 11) is 0. The third-order valence-corrected chi connectivity index (χ3v) is 4.75. The maximum atomic E-state index is 12.3. The van der Waals surface area contributed by atoms with Crippen molar-refractivity contribution in [3.8, 4) is 0 Å². The van der Waals surface area contributed by atoms with Crippen molar-refractivity contribution >= 4 is 17.6 Å². The maximum Gasteiger partial charge on any atom is 0.234 e. The van der Waals surface area contributed by atoms with Crippen molar-refractivity contribution in [1.29, 1.82) is 0 Å². The molecule has 2 aliphatic rings. The lowest BCUT2D eigenvalue weighted by molar-refractivity contribution is -0.140. The van der Waals surface area contributed by atoms with E-state index in [4.69, 9.17) is 4.98 Å². The number of pyridine rings is 1. The summed E-state index contributed by atoms with van der Waals surface area (Å²) < 4.78 is 0. The fourth-order valence-electron chi connectivity index (χ4n) is 3.26. The number of hydrogen-bond donors (Lipinski definition) is 1. The SMILES string of the molecule is CC(C)(C)c1cccc(N2CCC3(CCC(=O)NC3=O)C2)n1. The molecule has 1 aromatic heterocycles. The summed E-state index contributed by atoms with van der Waals surface area (Å²) in [6.45, 7) is 7.88. The number of carbonyl (C=O) groups excluding carboxylic acids is 2. The van der Waals surface area contributed by atoms with E-state index in [1.54, 1.807) is 0 Å². The first-order valence-electron chi connectivity index (χ1n) is 7.87. The van der Waals surface area contributed by atoms with Crippen LogP contribution in [-0.4, -0.2) is 29.9 Å². The van der Waals surface area contributed by atoms with Crippen molar-refractivity contribution in [2.75, 3.05) is 18.0 Å². The van der Waals surface area contributed by atoms with Crippen molar-refractivity contribution in [2.45, 2.75) is 45.4 Å². The largest absolute Gasteiger partial charge is 0.355 e. The van der Waals surface area contributed by atoms with Crippen LogP contribution in [0, 0.1) is 5.41 Å². The van der Waals surface area contributed by atoms with E-state index in [0.717, 1.165) is 24.5 Å². The number of aromatic nitrogens is 1. The number of rotatable bonds is 1. The minimum Gasteiger partial charge on any atom is -0.355 e. The Kier molecular flexibility index (Phi) is 3.46. The van der Waals surface area contributed by atoms with Crippen molar-refractivity contribution in [3.63, 3.8) is 0 Å². The average Bonchev–Trinajstić information content (AvgIpc) is 2.89. The molecule has 1 N–H and O–H groups in total. The molecule has 0 bridgehead atoms. The van der Waals surface area contributed by atoms with Crippen LogP contribution in [0.2, 0.25) is 0 Å². The molecule has 1 aromatic rings. The zero-order valence-electron chi connectivity index (χ0n) is 13.5. The molecule has 3 rings (SSSR count). The number of anilines is 1. The number of carbonyl (C=O) groups is 2. The van der Waals surface area contributed by atoms with E-state index >= 15 is 0 Å². The molecule has 3 heterocycles. The van der Waals surface area contributed by atoms with Crippen LogP contribution in [0.4, 0.5) is 5.82 Å². The summed E-state index contributed by atoms with van der Waals surface area (Å²) >= 11 is 0. The van der Waals surface area contributed by atoms with Crippen LogP contribution in [0.15, 0.2) is 18.2 Å². The van der Waals surface area contributed by atoms with E-state index in [1.807, 2.05) is 18.2 Å². The Morgan fingerprint density at radius 1 is 1.23 bits per heavy atom. The Labute approximate surface area is 131 Å². The number of piperidine rings is 1. The Morgan fingerprint density at radius 3 is 2.68 bits per heavy atom. The standard InChI is InChI=1S/C17H23N3O2/c1-16(2,3)12-5-4-6-13(18-12)20-10-9-17(11-20)8-7-14(21)19-15(17)22/h4-6H,7-11H2,1-3H3,(H,19,21,22). The van der Waals surface area contributed by atoms with Gasteiger partial charge in [0.15, 0.2) is 0 Å². The first-order valence-corrected chi connectivity index (χ1v) is 7.87.